The van der Waals surface area contributed by atoms with E-state index in [9.17, 15) is 4.39 Å². The SMILES string of the molecule is CCNc1nc(C)c(F)c(NCC)n1. The zero-order valence-electron chi connectivity index (χ0n) is 8.69. The van der Waals surface area contributed by atoms with Gasteiger partial charge in [-0.25, -0.2) is 9.37 Å². The van der Waals surface area contributed by atoms with Crippen molar-refractivity contribution in [2.45, 2.75) is 20.8 Å². The van der Waals surface area contributed by atoms with Crippen molar-refractivity contribution in [1.82, 2.24) is 9.97 Å². The average Bonchev–Trinajstić information content (AvgIpc) is 2.14. The average molecular weight is 198 g/mol. The Kier molecular flexibility index (Phi) is 3.62. The summed E-state index contributed by atoms with van der Waals surface area (Å²) in [5.74, 6) is 0.340. The molecule has 0 bridgehead atoms. The molecule has 0 unspecified atom stereocenters. The van der Waals surface area contributed by atoms with Gasteiger partial charge in [-0.2, -0.15) is 4.98 Å². The fraction of sp³-hybridized carbons (Fsp3) is 0.556. The minimum Gasteiger partial charge on any atom is -0.368 e. The molecule has 0 atom stereocenters. The van der Waals surface area contributed by atoms with Crippen molar-refractivity contribution >= 4 is 11.8 Å². The molecule has 4 nitrogen and oxygen atoms in total. The van der Waals surface area contributed by atoms with Crippen LogP contribution < -0.4 is 10.6 Å². The van der Waals surface area contributed by atoms with Gasteiger partial charge in [-0.3, -0.25) is 0 Å². The summed E-state index contributed by atoms with van der Waals surface area (Å²) in [7, 11) is 0. The molecule has 0 aliphatic carbocycles. The van der Waals surface area contributed by atoms with Gasteiger partial charge in [0, 0.05) is 13.1 Å². The first kappa shape index (κ1) is 10.7. The molecule has 0 radical (unpaired) electrons. The van der Waals surface area contributed by atoms with Crippen molar-refractivity contribution in [3.8, 4) is 0 Å². The van der Waals surface area contributed by atoms with E-state index in [1.165, 1.54) is 0 Å². The summed E-state index contributed by atoms with van der Waals surface area (Å²) in [6.45, 7) is 6.81. The van der Waals surface area contributed by atoms with Gasteiger partial charge >= 0.3 is 0 Å². The Bertz CT molecular complexity index is 314. The number of hydrogen-bond acceptors (Lipinski definition) is 4. The van der Waals surface area contributed by atoms with Crippen LogP contribution >= 0.6 is 0 Å². The van der Waals surface area contributed by atoms with Gasteiger partial charge in [-0.05, 0) is 20.8 Å². The van der Waals surface area contributed by atoms with E-state index in [0.717, 1.165) is 6.54 Å². The van der Waals surface area contributed by atoms with Gasteiger partial charge in [-0.15, -0.1) is 0 Å². The molecular weight excluding hydrogens is 183 g/mol. The van der Waals surface area contributed by atoms with Crippen LogP contribution in [0, 0.1) is 12.7 Å². The van der Waals surface area contributed by atoms with Crippen LogP contribution in [0.1, 0.15) is 19.5 Å². The largest absolute Gasteiger partial charge is 0.368 e. The molecule has 1 rings (SSSR count). The van der Waals surface area contributed by atoms with E-state index in [0.29, 0.717) is 18.2 Å². The first-order chi connectivity index (χ1) is 6.69. The predicted molar refractivity (Wildman–Crippen MR) is 55.1 cm³/mol. The van der Waals surface area contributed by atoms with Crippen molar-refractivity contribution in [1.29, 1.82) is 0 Å². The summed E-state index contributed by atoms with van der Waals surface area (Å²) in [6.07, 6.45) is 0. The van der Waals surface area contributed by atoms with Crippen LogP contribution in [-0.2, 0) is 0 Å². The Morgan fingerprint density at radius 1 is 1.14 bits per heavy atom. The highest BCUT2D eigenvalue weighted by atomic mass is 19.1. The molecule has 2 N–H and O–H groups in total. The Morgan fingerprint density at radius 2 is 1.79 bits per heavy atom. The molecule has 0 spiro atoms. The minimum absolute atomic E-state index is 0.260. The molecule has 1 aromatic heterocycles. The number of nitrogens with zero attached hydrogens (tertiary/aromatic N) is 2. The van der Waals surface area contributed by atoms with Crippen molar-refractivity contribution in [3.63, 3.8) is 0 Å². The Balaban J connectivity index is 3.01. The molecular formula is C9H15FN4. The maximum Gasteiger partial charge on any atom is 0.225 e. The lowest BCUT2D eigenvalue weighted by molar-refractivity contribution is 0.606. The lowest BCUT2D eigenvalue weighted by Gasteiger charge is -2.08. The summed E-state index contributed by atoms with van der Waals surface area (Å²) in [5, 5.41) is 5.79. The van der Waals surface area contributed by atoms with Crippen LogP contribution in [0.25, 0.3) is 0 Å². The molecule has 0 aliphatic rings. The summed E-state index contributed by atoms with van der Waals surface area (Å²) in [6, 6.07) is 0. The molecule has 0 amide bonds. The molecule has 1 aromatic rings. The highest BCUT2D eigenvalue weighted by Gasteiger charge is 2.09. The lowest BCUT2D eigenvalue weighted by atomic mass is 10.4. The van der Waals surface area contributed by atoms with Crippen molar-refractivity contribution < 1.29 is 4.39 Å². The number of aromatic nitrogens is 2. The first-order valence-corrected chi connectivity index (χ1v) is 4.70. The molecule has 5 heteroatoms. The van der Waals surface area contributed by atoms with Crippen LogP contribution in [0.2, 0.25) is 0 Å². The minimum atomic E-state index is -0.381. The van der Waals surface area contributed by atoms with Gasteiger partial charge in [0.25, 0.3) is 0 Å². The van der Waals surface area contributed by atoms with Crippen LogP contribution in [0.15, 0.2) is 0 Å². The zero-order chi connectivity index (χ0) is 10.6. The van der Waals surface area contributed by atoms with Crippen molar-refractivity contribution in [2.24, 2.45) is 0 Å². The second-order valence-electron chi connectivity index (χ2n) is 2.86. The quantitative estimate of drug-likeness (QED) is 0.774. The topological polar surface area (TPSA) is 49.8 Å². The van der Waals surface area contributed by atoms with Crippen LogP contribution in [0.5, 0.6) is 0 Å². The Morgan fingerprint density at radius 3 is 2.36 bits per heavy atom. The van der Waals surface area contributed by atoms with Crippen LogP contribution in [0.3, 0.4) is 0 Å². The fourth-order valence-corrected chi connectivity index (χ4v) is 1.08. The Hall–Kier alpha value is -1.39. The summed E-state index contributed by atoms with van der Waals surface area (Å²) in [4.78, 5) is 7.97. The van der Waals surface area contributed by atoms with Crippen molar-refractivity contribution in [3.05, 3.63) is 11.5 Å². The Labute approximate surface area is 83.0 Å². The smallest absolute Gasteiger partial charge is 0.225 e. The monoisotopic (exact) mass is 198 g/mol. The summed E-state index contributed by atoms with van der Waals surface area (Å²) in [5.41, 5.74) is 0.354. The lowest BCUT2D eigenvalue weighted by Crippen LogP contribution is -2.10. The molecule has 0 saturated carbocycles. The van der Waals surface area contributed by atoms with Gasteiger partial charge < -0.3 is 10.6 Å². The number of anilines is 2. The van der Waals surface area contributed by atoms with Gasteiger partial charge in [0.2, 0.25) is 5.95 Å². The third-order valence-electron chi connectivity index (χ3n) is 1.70. The molecule has 78 valence electrons. The van der Waals surface area contributed by atoms with E-state index in [1.54, 1.807) is 6.92 Å². The number of halogens is 1. The highest BCUT2D eigenvalue weighted by Crippen LogP contribution is 2.15. The van der Waals surface area contributed by atoms with E-state index in [-0.39, 0.29) is 11.6 Å². The second kappa shape index (κ2) is 4.74. The van der Waals surface area contributed by atoms with Gasteiger partial charge in [0.05, 0.1) is 5.69 Å². The van der Waals surface area contributed by atoms with Crippen molar-refractivity contribution in [2.75, 3.05) is 23.7 Å². The van der Waals surface area contributed by atoms with E-state index < -0.39 is 0 Å². The number of aryl methyl sites for hydroxylation is 1. The molecule has 14 heavy (non-hydrogen) atoms. The maximum atomic E-state index is 13.4. The third-order valence-corrected chi connectivity index (χ3v) is 1.70. The van der Waals surface area contributed by atoms with Gasteiger partial charge in [-0.1, -0.05) is 0 Å². The zero-order valence-corrected chi connectivity index (χ0v) is 8.69. The summed E-state index contributed by atoms with van der Waals surface area (Å²) < 4.78 is 13.4. The third kappa shape index (κ3) is 2.31. The predicted octanol–water partition coefficient (Wildman–Crippen LogP) is 1.79. The molecule has 0 saturated heterocycles. The number of nitrogens with one attached hydrogen (secondary N) is 2. The molecule has 1 heterocycles. The maximum absolute atomic E-state index is 13.4. The standard InChI is InChI=1S/C9H15FN4/c1-4-11-8-7(10)6(3)13-9(14-8)12-5-2/h4-5H2,1-3H3,(H2,11,12,13,14). The van der Waals surface area contributed by atoms with Gasteiger partial charge in [0.15, 0.2) is 11.6 Å². The fourth-order valence-electron chi connectivity index (χ4n) is 1.08. The van der Waals surface area contributed by atoms with E-state index >= 15 is 0 Å². The molecule has 0 aromatic carbocycles. The summed E-state index contributed by atoms with van der Waals surface area (Å²) >= 11 is 0. The normalized spacial score (nSPS) is 10.0. The van der Waals surface area contributed by atoms with Crippen LogP contribution in [0.4, 0.5) is 16.2 Å². The number of hydrogen-bond donors (Lipinski definition) is 2. The second-order valence-corrected chi connectivity index (χ2v) is 2.86. The van der Waals surface area contributed by atoms with E-state index in [1.807, 2.05) is 13.8 Å². The van der Waals surface area contributed by atoms with E-state index in [4.69, 9.17) is 0 Å². The molecule has 0 aliphatic heterocycles. The van der Waals surface area contributed by atoms with E-state index in [2.05, 4.69) is 20.6 Å². The molecule has 0 fully saturated rings. The highest BCUT2D eigenvalue weighted by molar-refractivity contribution is 5.43. The van der Waals surface area contributed by atoms with Gasteiger partial charge in [0.1, 0.15) is 0 Å². The number of rotatable bonds is 4. The van der Waals surface area contributed by atoms with Crippen LogP contribution in [-0.4, -0.2) is 23.1 Å². The first-order valence-electron chi connectivity index (χ1n) is 4.70.